The van der Waals surface area contributed by atoms with E-state index in [0.717, 1.165) is 10.9 Å². The van der Waals surface area contributed by atoms with Gasteiger partial charge < -0.3 is 16.0 Å². The maximum Gasteiger partial charge on any atom is 0.271 e. The van der Waals surface area contributed by atoms with E-state index in [4.69, 9.17) is 5.73 Å². The number of aromatic amines is 1. The lowest BCUT2D eigenvalue weighted by molar-refractivity contribution is 0.0940. The number of H-pyrrole nitrogens is 1. The van der Waals surface area contributed by atoms with Crippen molar-refractivity contribution in [1.82, 2.24) is 20.3 Å². The molecule has 0 aliphatic carbocycles. The Morgan fingerprint density at radius 1 is 1.36 bits per heavy atom. The normalized spacial score (nSPS) is 11.3. The predicted molar refractivity (Wildman–Crippen MR) is 94.6 cm³/mol. The van der Waals surface area contributed by atoms with Crippen LogP contribution in [0.1, 0.15) is 29.9 Å². The number of fused-ring (bicyclic) bond motifs is 1. The quantitative estimate of drug-likeness (QED) is 0.673. The predicted octanol–water partition coefficient (Wildman–Crippen LogP) is 1.96. The molecule has 4 N–H and O–H groups in total. The molecule has 1 amide bonds. The number of nitrogens with one attached hydrogen (secondary N) is 2. The molecule has 0 aliphatic heterocycles. The van der Waals surface area contributed by atoms with Crippen LogP contribution < -0.4 is 11.1 Å². The highest BCUT2D eigenvalue weighted by atomic mass is 16.1. The number of rotatable bonds is 4. The van der Waals surface area contributed by atoms with Gasteiger partial charge in [0.25, 0.3) is 5.91 Å². The largest absolute Gasteiger partial charge is 0.352 e. The summed E-state index contributed by atoms with van der Waals surface area (Å²) in [6.07, 6.45) is 2.91. The van der Waals surface area contributed by atoms with Gasteiger partial charge in [0.2, 0.25) is 0 Å². The van der Waals surface area contributed by atoms with Gasteiger partial charge in [-0.05, 0) is 19.9 Å². The van der Waals surface area contributed by atoms with E-state index in [1.807, 2.05) is 38.1 Å². The van der Waals surface area contributed by atoms with Crippen LogP contribution in [-0.4, -0.2) is 32.9 Å². The summed E-state index contributed by atoms with van der Waals surface area (Å²) in [5.74, 6) is -0.359. The van der Waals surface area contributed by atoms with Crippen LogP contribution in [0.4, 0.5) is 0 Å². The average Bonchev–Trinajstić information content (AvgIpc) is 2.97. The van der Waals surface area contributed by atoms with Crippen LogP contribution in [0.25, 0.3) is 22.3 Å². The van der Waals surface area contributed by atoms with Gasteiger partial charge in [0.15, 0.2) is 0 Å². The zero-order chi connectivity index (χ0) is 18.0. The molecule has 1 aromatic carbocycles. The molecule has 3 aromatic rings. The van der Waals surface area contributed by atoms with Gasteiger partial charge in [-0.15, -0.1) is 0 Å². The number of hydrogen-bond acceptors (Lipinski definition) is 5. The number of amides is 1. The van der Waals surface area contributed by atoms with Crippen molar-refractivity contribution in [3.8, 4) is 17.5 Å². The molecule has 0 saturated heterocycles. The molecule has 0 fully saturated rings. The van der Waals surface area contributed by atoms with E-state index in [1.165, 1.54) is 12.4 Å². The van der Waals surface area contributed by atoms with E-state index in [0.29, 0.717) is 23.5 Å². The van der Waals surface area contributed by atoms with Gasteiger partial charge in [0.1, 0.15) is 17.5 Å². The first-order valence-electron chi connectivity index (χ1n) is 7.79. The maximum atomic E-state index is 12.3. The van der Waals surface area contributed by atoms with Gasteiger partial charge in [-0.25, -0.2) is 4.98 Å². The minimum atomic E-state index is -0.522. The zero-order valence-corrected chi connectivity index (χ0v) is 14.0. The zero-order valence-electron chi connectivity index (χ0n) is 14.0. The minimum absolute atomic E-state index is 0.171. The number of nitriles is 1. The topological polar surface area (TPSA) is 120 Å². The second kappa shape index (κ2) is 6.34. The fourth-order valence-corrected chi connectivity index (χ4v) is 2.44. The summed E-state index contributed by atoms with van der Waals surface area (Å²) in [5, 5.41) is 13.0. The SMILES string of the molecule is CC(C)(N)CNC(=O)c1cncc(-c2[nH]c3ccccc3c2C#N)n1. The minimum Gasteiger partial charge on any atom is -0.352 e. The number of carbonyl (C=O) groups excluding carboxylic acids is 1. The molecule has 2 heterocycles. The van der Waals surface area contributed by atoms with Crippen molar-refractivity contribution in [2.45, 2.75) is 19.4 Å². The van der Waals surface area contributed by atoms with Gasteiger partial charge in [-0.3, -0.25) is 9.78 Å². The molecule has 3 rings (SSSR count). The standard InChI is InChI=1S/C18H18N6O/c1-18(2,20)10-22-17(25)15-9-21-8-14(23-15)16-12(7-19)11-5-3-4-6-13(11)24-16/h3-6,8-9,24H,10,20H2,1-2H3,(H,22,25). The summed E-state index contributed by atoms with van der Waals surface area (Å²) in [4.78, 5) is 23.9. The number of nitrogens with two attached hydrogens (primary N) is 1. The summed E-state index contributed by atoms with van der Waals surface area (Å²) in [6, 6.07) is 9.69. The van der Waals surface area contributed by atoms with Crippen molar-refractivity contribution >= 4 is 16.8 Å². The van der Waals surface area contributed by atoms with Gasteiger partial charge >= 0.3 is 0 Å². The fourth-order valence-electron chi connectivity index (χ4n) is 2.44. The molecule has 2 aromatic heterocycles. The number of carbonyl (C=O) groups is 1. The Hall–Kier alpha value is -3.24. The second-order valence-corrected chi connectivity index (χ2v) is 6.49. The molecule has 0 spiro atoms. The third-order valence-electron chi connectivity index (χ3n) is 3.65. The maximum absolute atomic E-state index is 12.3. The van der Waals surface area contributed by atoms with E-state index in [1.54, 1.807) is 0 Å². The second-order valence-electron chi connectivity index (χ2n) is 6.49. The monoisotopic (exact) mass is 334 g/mol. The Morgan fingerprint density at radius 3 is 2.84 bits per heavy atom. The van der Waals surface area contributed by atoms with Crippen molar-refractivity contribution in [3.05, 3.63) is 47.9 Å². The number of hydrogen-bond donors (Lipinski definition) is 3. The van der Waals surface area contributed by atoms with Gasteiger partial charge in [0, 0.05) is 23.0 Å². The molecular weight excluding hydrogens is 316 g/mol. The first-order valence-corrected chi connectivity index (χ1v) is 7.79. The molecule has 0 radical (unpaired) electrons. The number of benzene rings is 1. The third-order valence-corrected chi connectivity index (χ3v) is 3.65. The Morgan fingerprint density at radius 2 is 2.12 bits per heavy atom. The lowest BCUT2D eigenvalue weighted by Gasteiger charge is -2.18. The van der Waals surface area contributed by atoms with Crippen molar-refractivity contribution in [3.63, 3.8) is 0 Å². The Balaban J connectivity index is 1.97. The van der Waals surface area contributed by atoms with Crippen LogP contribution in [0, 0.1) is 11.3 Å². The summed E-state index contributed by atoms with van der Waals surface area (Å²) in [7, 11) is 0. The average molecular weight is 334 g/mol. The van der Waals surface area contributed by atoms with Crippen molar-refractivity contribution in [1.29, 1.82) is 5.26 Å². The molecule has 0 atom stereocenters. The van der Waals surface area contributed by atoms with Crippen LogP contribution >= 0.6 is 0 Å². The van der Waals surface area contributed by atoms with Crippen LogP contribution in [0.15, 0.2) is 36.7 Å². The molecule has 25 heavy (non-hydrogen) atoms. The van der Waals surface area contributed by atoms with E-state index in [9.17, 15) is 10.1 Å². The number of para-hydroxylation sites is 1. The fraction of sp³-hybridized carbons (Fsp3) is 0.222. The highest BCUT2D eigenvalue weighted by Gasteiger charge is 2.18. The first-order chi connectivity index (χ1) is 11.9. The highest BCUT2D eigenvalue weighted by molar-refractivity contribution is 5.94. The van der Waals surface area contributed by atoms with Gasteiger partial charge in [-0.2, -0.15) is 5.26 Å². The van der Waals surface area contributed by atoms with E-state index in [2.05, 4.69) is 26.3 Å². The summed E-state index contributed by atoms with van der Waals surface area (Å²) < 4.78 is 0. The molecule has 0 unspecified atom stereocenters. The van der Waals surface area contributed by atoms with Crippen molar-refractivity contribution in [2.24, 2.45) is 5.73 Å². The van der Waals surface area contributed by atoms with Crippen LogP contribution in [0.5, 0.6) is 0 Å². The Bertz CT molecular complexity index is 977. The van der Waals surface area contributed by atoms with Crippen LogP contribution in [0.3, 0.4) is 0 Å². The molecule has 7 heteroatoms. The highest BCUT2D eigenvalue weighted by Crippen LogP contribution is 2.28. The Labute approximate surface area is 144 Å². The van der Waals surface area contributed by atoms with Gasteiger partial charge in [-0.1, -0.05) is 18.2 Å². The number of aromatic nitrogens is 3. The first kappa shape index (κ1) is 16.6. The molecule has 0 saturated carbocycles. The smallest absolute Gasteiger partial charge is 0.271 e. The third kappa shape index (κ3) is 3.49. The Kier molecular flexibility index (Phi) is 4.21. The molecule has 0 bridgehead atoms. The number of nitrogens with zero attached hydrogens (tertiary/aromatic N) is 3. The van der Waals surface area contributed by atoms with Crippen LogP contribution in [0.2, 0.25) is 0 Å². The van der Waals surface area contributed by atoms with E-state index < -0.39 is 5.54 Å². The molecule has 0 aliphatic rings. The van der Waals surface area contributed by atoms with Crippen LogP contribution in [-0.2, 0) is 0 Å². The van der Waals surface area contributed by atoms with Gasteiger partial charge in [0.05, 0.1) is 23.7 Å². The summed E-state index contributed by atoms with van der Waals surface area (Å²) >= 11 is 0. The van der Waals surface area contributed by atoms with E-state index in [-0.39, 0.29) is 11.6 Å². The molecule has 7 nitrogen and oxygen atoms in total. The molecular formula is C18H18N6O. The summed E-state index contributed by atoms with van der Waals surface area (Å²) in [5.41, 5.74) is 7.81. The van der Waals surface area contributed by atoms with Crippen molar-refractivity contribution in [2.75, 3.05) is 6.54 Å². The van der Waals surface area contributed by atoms with Crippen molar-refractivity contribution < 1.29 is 4.79 Å². The summed E-state index contributed by atoms with van der Waals surface area (Å²) in [6.45, 7) is 3.95. The molecule has 126 valence electrons. The van der Waals surface area contributed by atoms with E-state index >= 15 is 0 Å². The lowest BCUT2D eigenvalue weighted by atomic mass is 10.1. The lowest BCUT2D eigenvalue weighted by Crippen LogP contribution is -2.45.